The summed E-state index contributed by atoms with van der Waals surface area (Å²) in [4.78, 5) is 20.3. The van der Waals surface area contributed by atoms with Crippen molar-refractivity contribution in [1.29, 1.82) is 0 Å². The number of methoxy groups -OCH3 is 1. The summed E-state index contributed by atoms with van der Waals surface area (Å²) in [7, 11) is 1.67. The van der Waals surface area contributed by atoms with Crippen LogP contribution in [0.25, 0.3) is 0 Å². The van der Waals surface area contributed by atoms with E-state index in [4.69, 9.17) is 9.26 Å². The highest BCUT2D eigenvalue weighted by atomic mass is 32.1. The van der Waals surface area contributed by atoms with Crippen LogP contribution >= 0.6 is 11.3 Å². The number of aromatic nitrogens is 2. The highest BCUT2D eigenvalue weighted by Gasteiger charge is 2.40. The number of likely N-dealkylation sites (tertiary alicyclic amines) is 1. The van der Waals surface area contributed by atoms with Gasteiger partial charge in [-0.2, -0.15) is 4.98 Å². The van der Waals surface area contributed by atoms with Crippen LogP contribution in [0.15, 0.2) is 22.0 Å². The Labute approximate surface area is 139 Å². The average Bonchev–Trinajstić information content (AvgIpc) is 3.26. The average molecular weight is 335 g/mol. The Hall–Kier alpha value is -1.73. The fourth-order valence-electron chi connectivity index (χ4n) is 3.00. The number of rotatable bonds is 5. The molecule has 0 bridgehead atoms. The van der Waals surface area contributed by atoms with Crippen LogP contribution in [0.4, 0.5) is 0 Å². The smallest absolute Gasteiger partial charge is 0.249 e. The summed E-state index contributed by atoms with van der Waals surface area (Å²) in [6, 6.07) is 3.88. The maximum absolute atomic E-state index is 12.9. The summed E-state index contributed by atoms with van der Waals surface area (Å²) < 4.78 is 10.8. The molecular formula is C16H21N3O3S. The number of carbonyl (C=O) groups excluding carboxylic acids is 1. The molecule has 3 atom stereocenters. The molecule has 0 aliphatic carbocycles. The number of hydrogen-bond acceptors (Lipinski definition) is 6. The van der Waals surface area contributed by atoms with E-state index in [1.807, 2.05) is 23.3 Å². The van der Waals surface area contributed by atoms with Crippen molar-refractivity contribution in [3.05, 3.63) is 34.1 Å². The van der Waals surface area contributed by atoms with Gasteiger partial charge in [-0.25, -0.2) is 0 Å². The minimum atomic E-state index is -0.195. The molecule has 0 N–H and O–H groups in total. The zero-order chi connectivity index (χ0) is 16.4. The maximum atomic E-state index is 12.9. The van der Waals surface area contributed by atoms with Crippen LogP contribution in [0.3, 0.4) is 0 Å². The lowest BCUT2D eigenvalue weighted by Gasteiger charge is -2.25. The van der Waals surface area contributed by atoms with E-state index < -0.39 is 0 Å². The molecule has 1 aliphatic heterocycles. The second-order valence-electron chi connectivity index (χ2n) is 5.96. The predicted molar refractivity (Wildman–Crippen MR) is 86.1 cm³/mol. The van der Waals surface area contributed by atoms with Gasteiger partial charge in [0.1, 0.15) is 6.04 Å². The van der Waals surface area contributed by atoms with Crippen LogP contribution < -0.4 is 0 Å². The topological polar surface area (TPSA) is 68.5 Å². The van der Waals surface area contributed by atoms with Gasteiger partial charge in [0, 0.05) is 30.9 Å². The fourth-order valence-corrected chi connectivity index (χ4v) is 3.83. The maximum Gasteiger partial charge on any atom is 0.249 e. The van der Waals surface area contributed by atoms with Crippen LogP contribution in [-0.2, 0) is 16.0 Å². The summed E-state index contributed by atoms with van der Waals surface area (Å²) in [6.45, 7) is 4.32. The van der Waals surface area contributed by atoms with Gasteiger partial charge in [0.05, 0.1) is 6.10 Å². The molecule has 0 saturated carbocycles. The number of aryl methyl sites for hydroxylation is 1. The summed E-state index contributed by atoms with van der Waals surface area (Å²) in [6.07, 6.45) is 1.45. The molecule has 7 heteroatoms. The van der Waals surface area contributed by atoms with Crippen molar-refractivity contribution in [1.82, 2.24) is 15.0 Å². The molecule has 2 aromatic rings. The highest BCUT2D eigenvalue weighted by Crippen LogP contribution is 2.34. The molecule has 3 heterocycles. The van der Waals surface area contributed by atoms with Crippen LogP contribution in [0.2, 0.25) is 0 Å². The van der Waals surface area contributed by atoms with E-state index in [9.17, 15) is 4.79 Å². The van der Waals surface area contributed by atoms with E-state index in [-0.39, 0.29) is 24.0 Å². The van der Waals surface area contributed by atoms with E-state index in [1.165, 1.54) is 4.88 Å². The van der Waals surface area contributed by atoms with E-state index in [0.717, 1.165) is 6.42 Å². The van der Waals surface area contributed by atoms with Crippen molar-refractivity contribution in [2.24, 2.45) is 5.92 Å². The second-order valence-corrected chi connectivity index (χ2v) is 7.00. The molecule has 0 unspecified atom stereocenters. The Morgan fingerprint density at radius 1 is 1.61 bits per heavy atom. The Morgan fingerprint density at radius 3 is 3.04 bits per heavy atom. The van der Waals surface area contributed by atoms with E-state index in [2.05, 4.69) is 16.2 Å². The molecular weight excluding hydrogens is 314 g/mol. The first-order valence-corrected chi connectivity index (χ1v) is 8.62. The molecule has 1 saturated heterocycles. The number of hydrogen-bond donors (Lipinski definition) is 0. The first-order chi connectivity index (χ1) is 11.1. The standard InChI is InChI=1S/C16H21N3O3S/c1-10(7-13-5-4-6-23-13)16(20)19-9-12(21-3)8-14(19)15-17-11(2)18-22-15/h4-6,10,12,14H,7-9H2,1-3H3/t10-,12-,14-/m1/s1. The molecule has 2 aromatic heterocycles. The summed E-state index contributed by atoms with van der Waals surface area (Å²) in [5.41, 5.74) is 0. The van der Waals surface area contributed by atoms with E-state index in [0.29, 0.717) is 24.7 Å². The molecule has 0 aromatic carbocycles. The Kier molecular flexibility index (Phi) is 4.77. The van der Waals surface area contributed by atoms with E-state index >= 15 is 0 Å². The molecule has 23 heavy (non-hydrogen) atoms. The first kappa shape index (κ1) is 16.1. The number of nitrogens with zero attached hydrogens (tertiary/aromatic N) is 3. The molecule has 0 spiro atoms. The summed E-state index contributed by atoms with van der Waals surface area (Å²) in [5.74, 6) is 1.10. The highest BCUT2D eigenvalue weighted by molar-refractivity contribution is 7.09. The Balaban J connectivity index is 1.76. The van der Waals surface area contributed by atoms with Gasteiger partial charge in [-0.05, 0) is 24.8 Å². The van der Waals surface area contributed by atoms with Gasteiger partial charge >= 0.3 is 0 Å². The number of ether oxygens (including phenoxy) is 1. The van der Waals surface area contributed by atoms with Gasteiger partial charge in [0.15, 0.2) is 5.82 Å². The fraction of sp³-hybridized carbons (Fsp3) is 0.562. The minimum absolute atomic E-state index is 0.00472. The SMILES string of the molecule is CO[C@@H]1C[C@H](c2nc(C)no2)N(C(=O)[C@H](C)Cc2cccs2)C1. The largest absolute Gasteiger partial charge is 0.380 e. The molecule has 1 fully saturated rings. The molecule has 124 valence electrons. The second kappa shape index (κ2) is 6.80. The molecule has 1 amide bonds. The minimum Gasteiger partial charge on any atom is -0.380 e. The summed E-state index contributed by atoms with van der Waals surface area (Å²) in [5, 5.41) is 5.88. The lowest BCUT2D eigenvalue weighted by Crippen LogP contribution is -2.36. The molecule has 3 rings (SSSR count). The van der Waals surface area contributed by atoms with Gasteiger partial charge in [0.25, 0.3) is 0 Å². The zero-order valence-corrected chi connectivity index (χ0v) is 14.4. The van der Waals surface area contributed by atoms with Crippen LogP contribution in [0.5, 0.6) is 0 Å². The van der Waals surface area contributed by atoms with Crippen molar-refractivity contribution < 1.29 is 14.1 Å². The van der Waals surface area contributed by atoms with Crippen LogP contribution in [0.1, 0.15) is 36.0 Å². The molecule has 0 radical (unpaired) electrons. The van der Waals surface area contributed by atoms with Gasteiger partial charge < -0.3 is 14.2 Å². The Bertz CT molecular complexity index is 655. The third-order valence-corrected chi connectivity index (χ3v) is 5.12. The quantitative estimate of drug-likeness (QED) is 0.840. The van der Waals surface area contributed by atoms with E-state index in [1.54, 1.807) is 25.4 Å². The van der Waals surface area contributed by atoms with Crippen molar-refractivity contribution >= 4 is 17.2 Å². The normalized spacial score (nSPS) is 22.5. The monoisotopic (exact) mass is 335 g/mol. The van der Waals surface area contributed by atoms with Gasteiger partial charge in [-0.15, -0.1) is 11.3 Å². The number of thiophene rings is 1. The molecule has 6 nitrogen and oxygen atoms in total. The Morgan fingerprint density at radius 2 is 2.43 bits per heavy atom. The van der Waals surface area contributed by atoms with Crippen molar-refractivity contribution in [3.63, 3.8) is 0 Å². The van der Waals surface area contributed by atoms with Gasteiger partial charge in [-0.1, -0.05) is 18.1 Å². The van der Waals surface area contributed by atoms with Gasteiger partial charge in [0.2, 0.25) is 11.8 Å². The first-order valence-electron chi connectivity index (χ1n) is 7.74. The molecule has 1 aliphatic rings. The van der Waals surface area contributed by atoms with Crippen LogP contribution in [-0.4, -0.2) is 40.7 Å². The van der Waals surface area contributed by atoms with Gasteiger partial charge in [-0.3, -0.25) is 4.79 Å². The van der Waals surface area contributed by atoms with Crippen molar-refractivity contribution in [2.75, 3.05) is 13.7 Å². The van der Waals surface area contributed by atoms with Crippen molar-refractivity contribution in [3.8, 4) is 0 Å². The lowest BCUT2D eigenvalue weighted by molar-refractivity contribution is -0.136. The predicted octanol–water partition coefficient (Wildman–Crippen LogP) is 2.61. The zero-order valence-electron chi connectivity index (χ0n) is 13.6. The lowest BCUT2D eigenvalue weighted by atomic mass is 10.0. The number of amides is 1. The third kappa shape index (κ3) is 3.45. The summed E-state index contributed by atoms with van der Waals surface area (Å²) >= 11 is 1.68. The third-order valence-electron chi connectivity index (χ3n) is 4.22. The van der Waals surface area contributed by atoms with Crippen molar-refractivity contribution in [2.45, 2.75) is 38.8 Å². The number of carbonyl (C=O) groups is 1. The van der Waals surface area contributed by atoms with Crippen LogP contribution in [0, 0.1) is 12.8 Å².